The smallest absolute Gasteiger partial charge is 0.260 e. The molecule has 0 bridgehead atoms. The highest BCUT2D eigenvalue weighted by Crippen LogP contribution is 2.32. The van der Waals surface area contributed by atoms with Crippen LogP contribution in [0.3, 0.4) is 0 Å². The van der Waals surface area contributed by atoms with Crippen LogP contribution in [0.1, 0.15) is 35.3 Å². The molecule has 1 aromatic heterocycles. The van der Waals surface area contributed by atoms with Gasteiger partial charge in [0.25, 0.3) is 5.91 Å². The molecule has 0 aliphatic rings. The Morgan fingerprint density at radius 3 is 2.15 bits per heavy atom. The summed E-state index contributed by atoms with van der Waals surface area (Å²) in [6.07, 6.45) is 0. The highest BCUT2D eigenvalue weighted by molar-refractivity contribution is 7.22. The number of carbonyl (C=O) groups excluding carboxylic acids is 1. The van der Waals surface area contributed by atoms with E-state index >= 15 is 0 Å². The van der Waals surface area contributed by atoms with Gasteiger partial charge in [0.1, 0.15) is 0 Å². The fourth-order valence-corrected chi connectivity index (χ4v) is 5.01. The molecule has 0 saturated carbocycles. The summed E-state index contributed by atoms with van der Waals surface area (Å²) >= 11 is 1.59. The van der Waals surface area contributed by atoms with Crippen LogP contribution in [0.4, 0.5) is 5.13 Å². The maximum atomic E-state index is 13.7. The zero-order chi connectivity index (χ0) is 23.4. The molecule has 4 rings (SSSR count). The Kier molecular flexibility index (Phi) is 7.21. The minimum Gasteiger partial charge on any atom is -0.302 e. The first-order valence-corrected chi connectivity index (χ1v) is 12.4. The van der Waals surface area contributed by atoms with E-state index in [0.29, 0.717) is 12.1 Å². The Bertz CT molecular complexity index is 1190. The highest BCUT2D eigenvalue weighted by atomic mass is 32.1. The summed E-state index contributed by atoms with van der Waals surface area (Å²) in [5.41, 5.74) is 6.35. The lowest BCUT2D eigenvalue weighted by Gasteiger charge is -2.24. The molecule has 1 heterocycles. The predicted molar refractivity (Wildman–Crippen MR) is 140 cm³/mol. The fraction of sp³-hybridized carbons (Fsp3) is 0.286. The molecule has 4 nitrogen and oxygen atoms in total. The molecular formula is C28H31N3OS. The SMILES string of the molecule is CCN(CC)CCN(C(=O)c1ccc(-c2ccccc2)cc1)c1nc2cc(C)c(C)cc2s1. The molecular weight excluding hydrogens is 426 g/mol. The molecule has 0 saturated heterocycles. The van der Waals surface area contributed by atoms with Crippen LogP contribution in [0, 0.1) is 13.8 Å². The van der Waals surface area contributed by atoms with Crippen molar-refractivity contribution in [2.24, 2.45) is 0 Å². The molecule has 33 heavy (non-hydrogen) atoms. The van der Waals surface area contributed by atoms with Crippen LogP contribution in [-0.2, 0) is 0 Å². The largest absolute Gasteiger partial charge is 0.302 e. The van der Waals surface area contributed by atoms with Gasteiger partial charge in [-0.1, -0.05) is 67.6 Å². The molecule has 4 aromatic rings. The van der Waals surface area contributed by atoms with Gasteiger partial charge >= 0.3 is 0 Å². The number of thiazole rings is 1. The van der Waals surface area contributed by atoms with E-state index < -0.39 is 0 Å². The summed E-state index contributed by atoms with van der Waals surface area (Å²) in [6, 6.07) is 22.4. The maximum Gasteiger partial charge on any atom is 0.260 e. The average molecular weight is 458 g/mol. The number of aryl methyl sites for hydroxylation is 2. The van der Waals surface area contributed by atoms with E-state index in [1.165, 1.54) is 11.1 Å². The van der Waals surface area contributed by atoms with E-state index in [1.807, 2.05) is 47.4 Å². The lowest BCUT2D eigenvalue weighted by molar-refractivity contribution is 0.0984. The zero-order valence-electron chi connectivity index (χ0n) is 19.8. The molecule has 0 atom stereocenters. The minimum absolute atomic E-state index is 0.00531. The quantitative estimate of drug-likeness (QED) is 0.300. The second kappa shape index (κ2) is 10.3. The van der Waals surface area contributed by atoms with Crippen molar-refractivity contribution in [1.82, 2.24) is 9.88 Å². The number of carbonyl (C=O) groups is 1. The van der Waals surface area contributed by atoms with E-state index in [2.05, 4.69) is 56.9 Å². The number of anilines is 1. The van der Waals surface area contributed by atoms with Gasteiger partial charge in [0.2, 0.25) is 0 Å². The van der Waals surface area contributed by atoms with Crippen molar-refractivity contribution in [3.63, 3.8) is 0 Å². The van der Waals surface area contributed by atoms with Crippen molar-refractivity contribution in [2.45, 2.75) is 27.7 Å². The standard InChI is InChI=1S/C28H31N3OS/c1-5-30(6-2)16-17-31(28-29-25-18-20(3)21(4)19-26(25)33-28)27(32)24-14-12-23(13-15-24)22-10-8-7-9-11-22/h7-15,18-19H,5-6,16-17H2,1-4H3. The Morgan fingerprint density at radius 1 is 0.848 bits per heavy atom. The van der Waals surface area contributed by atoms with Crippen molar-refractivity contribution in [2.75, 3.05) is 31.1 Å². The van der Waals surface area contributed by atoms with Crippen LogP contribution in [0.15, 0.2) is 66.7 Å². The topological polar surface area (TPSA) is 36.4 Å². The first-order valence-electron chi connectivity index (χ1n) is 11.6. The van der Waals surface area contributed by atoms with Gasteiger partial charge in [0.05, 0.1) is 10.2 Å². The van der Waals surface area contributed by atoms with E-state index in [0.717, 1.165) is 46.1 Å². The van der Waals surface area contributed by atoms with Gasteiger partial charge in [-0.05, 0) is 73.5 Å². The Hall–Kier alpha value is -3.02. The molecule has 0 aliphatic heterocycles. The fourth-order valence-electron chi connectivity index (χ4n) is 3.94. The van der Waals surface area contributed by atoms with Crippen molar-refractivity contribution < 1.29 is 4.79 Å². The molecule has 1 amide bonds. The molecule has 0 aliphatic carbocycles. The summed E-state index contributed by atoms with van der Waals surface area (Å²) < 4.78 is 1.12. The number of nitrogens with zero attached hydrogens (tertiary/aromatic N) is 3. The third-order valence-corrected chi connectivity index (χ3v) is 7.28. The number of hydrogen-bond donors (Lipinski definition) is 0. The number of rotatable bonds is 8. The third-order valence-electron chi connectivity index (χ3n) is 6.24. The minimum atomic E-state index is -0.00531. The van der Waals surface area contributed by atoms with E-state index in [1.54, 1.807) is 11.3 Å². The molecule has 0 radical (unpaired) electrons. The number of fused-ring (bicyclic) bond motifs is 1. The number of benzene rings is 3. The first-order chi connectivity index (χ1) is 16.0. The lowest BCUT2D eigenvalue weighted by Crippen LogP contribution is -2.38. The zero-order valence-corrected chi connectivity index (χ0v) is 20.7. The van der Waals surface area contributed by atoms with Gasteiger partial charge in [-0.3, -0.25) is 9.69 Å². The average Bonchev–Trinajstić information content (AvgIpc) is 3.24. The number of likely N-dealkylation sites (N-methyl/N-ethyl adjacent to an activating group) is 1. The summed E-state index contributed by atoms with van der Waals surface area (Å²) in [7, 11) is 0. The van der Waals surface area contributed by atoms with Crippen LogP contribution >= 0.6 is 11.3 Å². The Morgan fingerprint density at radius 2 is 1.48 bits per heavy atom. The molecule has 0 unspecified atom stereocenters. The molecule has 0 fully saturated rings. The lowest BCUT2D eigenvalue weighted by atomic mass is 10.0. The predicted octanol–water partition coefficient (Wildman–Crippen LogP) is 6.57. The van der Waals surface area contributed by atoms with Crippen LogP contribution in [-0.4, -0.2) is 42.0 Å². The van der Waals surface area contributed by atoms with Gasteiger partial charge < -0.3 is 4.90 Å². The summed E-state index contributed by atoms with van der Waals surface area (Å²) in [5.74, 6) is -0.00531. The summed E-state index contributed by atoms with van der Waals surface area (Å²) in [4.78, 5) is 22.7. The second-order valence-corrected chi connectivity index (χ2v) is 9.34. The van der Waals surface area contributed by atoms with Crippen molar-refractivity contribution in [3.8, 4) is 11.1 Å². The molecule has 0 N–H and O–H groups in total. The molecule has 0 spiro atoms. The first kappa shape index (κ1) is 23.1. The summed E-state index contributed by atoms with van der Waals surface area (Å²) in [5, 5.41) is 0.763. The van der Waals surface area contributed by atoms with Crippen LogP contribution in [0.5, 0.6) is 0 Å². The summed E-state index contributed by atoms with van der Waals surface area (Å²) in [6.45, 7) is 11.9. The van der Waals surface area contributed by atoms with E-state index in [9.17, 15) is 4.79 Å². The van der Waals surface area contributed by atoms with Crippen LogP contribution in [0.25, 0.3) is 21.3 Å². The monoisotopic (exact) mass is 457 g/mol. The second-order valence-electron chi connectivity index (χ2n) is 8.33. The van der Waals surface area contributed by atoms with Gasteiger partial charge in [-0.25, -0.2) is 4.98 Å². The van der Waals surface area contributed by atoms with Crippen molar-refractivity contribution >= 4 is 32.6 Å². The van der Waals surface area contributed by atoms with E-state index in [4.69, 9.17) is 4.98 Å². The highest BCUT2D eigenvalue weighted by Gasteiger charge is 2.22. The van der Waals surface area contributed by atoms with Gasteiger partial charge in [-0.15, -0.1) is 0 Å². The molecule has 170 valence electrons. The number of aromatic nitrogens is 1. The third kappa shape index (κ3) is 5.15. The van der Waals surface area contributed by atoms with Crippen LogP contribution < -0.4 is 4.90 Å². The van der Waals surface area contributed by atoms with Crippen LogP contribution in [0.2, 0.25) is 0 Å². The number of hydrogen-bond acceptors (Lipinski definition) is 4. The van der Waals surface area contributed by atoms with Crippen molar-refractivity contribution in [1.29, 1.82) is 0 Å². The van der Waals surface area contributed by atoms with Gasteiger partial charge in [-0.2, -0.15) is 0 Å². The maximum absolute atomic E-state index is 13.7. The van der Waals surface area contributed by atoms with E-state index in [-0.39, 0.29) is 5.91 Å². The Labute approximate surface area is 200 Å². The molecule has 3 aromatic carbocycles. The van der Waals surface area contributed by atoms with Gasteiger partial charge in [0.15, 0.2) is 5.13 Å². The van der Waals surface area contributed by atoms with Gasteiger partial charge in [0, 0.05) is 18.7 Å². The number of amides is 1. The normalized spacial score (nSPS) is 11.3. The van der Waals surface area contributed by atoms with Crippen molar-refractivity contribution in [3.05, 3.63) is 83.4 Å². The molecule has 5 heteroatoms. The Balaban J connectivity index is 1.66.